The molecule has 0 unspecified atom stereocenters. The number of aromatic nitrogens is 3. The van der Waals surface area contributed by atoms with Crippen LogP contribution < -0.4 is 0 Å². The van der Waals surface area contributed by atoms with Crippen LogP contribution in [-0.4, -0.2) is 14.6 Å². The van der Waals surface area contributed by atoms with Crippen molar-refractivity contribution >= 4 is 28.8 Å². The number of pyridine rings is 1. The van der Waals surface area contributed by atoms with Crippen molar-refractivity contribution in [3.63, 3.8) is 0 Å². The van der Waals surface area contributed by atoms with Crippen LogP contribution in [-0.2, 0) is 0 Å². The number of fused-ring (bicyclic) bond motifs is 1. The highest BCUT2D eigenvalue weighted by Crippen LogP contribution is 2.23. The predicted molar refractivity (Wildman–Crippen MR) is 47.7 cm³/mol. The maximum atomic E-state index is 5.88. The zero-order valence-corrected chi connectivity index (χ0v) is 7.76. The van der Waals surface area contributed by atoms with Gasteiger partial charge in [-0.2, -0.15) is 5.10 Å². The van der Waals surface area contributed by atoms with Crippen LogP contribution in [0.1, 0.15) is 5.69 Å². The van der Waals surface area contributed by atoms with E-state index in [9.17, 15) is 0 Å². The first-order chi connectivity index (χ1) is 5.70. The quantitative estimate of drug-likeness (QED) is 0.656. The second-order valence-electron chi connectivity index (χ2n) is 2.42. The fourth-order valence-corrected chi connectivity index (χ4v) is 1.51. The Balaban J connectivity index is 2.97. The zero-order valence-electron chi connectivity index (χ0n) is 6.25. The second-order valence-corrected chi connectivity index (χ2v) is 3.24. The fraction of sp³-hybridized carbons (Fsp3) is 0.143. The van der Waals surface area contributed by atoms with Gasteiger partial charge in [0.1, 0.15) is 6.33 Å². The summed E-state index contributed by atoms with van der Waals surface area (Å²) in [4.78, 5) is 3.98. The Kier molecular flexibility index (Phi) is 1.70. The van der Waals surface area contributed by atoms with Gasteiger partial charge in [0.15, 0.2) is 5.65 Å². The van der Waals surface area contributed by atoms with Gasteiger partial charge in [0.2, 0.25) is 0 Å². The highest BCUT2D eigenvalue weighted by Gasteiger charge is 2.07. The minimum Gasteiger partial charge on any atom is -0.215 e. The lowest BCUT2D eigenvalue weighted by Crippen LogP contribution is -1.94. The highest BCUT2D eigenvalue weighted by atomic mass is 35.5. The molecule has 0 saturated carbocycles. The molecule has 0 aromatic carbocycles. The van der Waals surface area contributed by atoms with Gasteiger partial charge in [-0.15, -0.1) is 0 Å². The van der Waals surface area contributed by atoms with E-state index in [-0.39, 0.29) is 0 Å². The van der Waals surface area contributed by atoms with Crippen LogP contribution >= 0.6 is 23.2 Å². The summed E-state index contributed by atoms with van der Waals surface area (Å²) >= 11 is 11.7. The Morgan fingerprint density at radius 1 is 1.33 bits per heavy atom. The summed E-state index contributed by atoms with van der Waals surface area (Å²) in [6.07, 6.45) is 1.45. The summed E-state index contributed by atoms with van der Waals surface area (Å²) in [5.41, 5.74) is 1.48. The molecule has 0 radical (unpaired) electrons. The SMILES string of the molecule is Cc1c(Cl)cc(Cl)c2ncnn12. The van der Waals surface area contributed by atoms with Crippen molar-refractivity contribution in [2.75, 3.05) is 0 Å². The van der Waals surface area contributed by atoms with Crippen LogP contribution in [0.15, 0.2) is 12.4 Å². The molecular weight excluding hydrogens is 197 g/mol. The van der Waals surface area contributed by atoms with Crippen molar-refractivity contribution in [3.8, 4) is 0 Å². The van der Waals surface area contributed by atoms with Crippen LogP contribution in [0, 0.1) is 6.92 Å². The van der Waals surface area contributed by atoms with Gasteiger partial charge in [0.05, 0.1) is 15.7 Å². The predicted octanol–water partition coefficient (Wildman–Crippen LogP) is 2.34. The third-order valence-electron chi connectivity index (χ3n) is 1.68. The molecule has 0 aliphatic heterocycles. The van der Waals surface area contributed by atoms with Gasteiger partial charge in [-0.1, -0.05) is 23.2 Å². The van der Waals surface area contributed by atoms with Crippen molar-refractivity contribution in [1.82, 2.24) is 14.6 Å². The van der Waals surface area contributed by atoms with Crippen molar-refractivity contribution < 1.29 is 0 Å². The standard InChI is InChI=1S/C7H5Cl2N3/c1-4-5(8)2-6(9)7-10-3-11-12(4)7/h2-3H,1H3. The molecule has 0 aliphatic carbocycles. The Morgan fingerprint density at radius 2 is 2.08 bits per heavy atom. The lowest BCUT2D eigenvalue weighted by Gasteiger charge is -2.01. The van der Waals surface area contributed by atoms with E-state index in [2.05, 4.69) is 10.1 Å². The molecule has 0 aliphatic rings. The van der Waals surface area contributed by atoms with Gasteiger partial charge in [-0.05, 0) is 13.0 Å². The number of hydrogen-bond acceptors (Lipinski definition) is 2. The minimum atomic E-state index is 0.517. The summed E-state index contributed by atoms with van der Waals surface area (Å²) in [6.45, 7) is 1.86. The molecule has 12 heavy (non-hydrogen) atoms. The number of rotatable bonds is 0. The highest BCUT2D eigenvalue weighted by molar-refractivity contribution is 6.36. The molecule has 2 rings (SSSR count). The molecule has 0 saturated heterocycles. The molecule has 62 valence electrons. The number of nitrogens with zero attached hydrogens (tertiary/aromatic N) is 3. The van der Waals surface area contributed by atoms with E-state index in [4.69, 9.17) is 23.2 Å². The van der Waals surface area contributed by atoms with Crippen LogP contribution in [0.25, 0.3) is 5.65 Å². The van der Waals surface area contributed by atoms with Crippen LogP contribution in [0.3, 0.4) is 0 Å². The summed E-state index contributed by atoms with van der Waals surface area (Å²) in [5, 5.41) is 5.09. The van der Waals surface area contributed by atoms with Gasteiger partial charge in [-0.3, -0.25) is 0 Å². The largest absolute Gasteiger partial charge is 0.215 e. The van der Waals surface area contributed by atoms with E-state index in [0.29, 0.717) is 15.7 Å². The summed E-state index contributed by atoms with van der Waals surface area (Å²) in [5.74, 6) is 0. The first-order valence-corrected chi connectivity index (χ1v) is 4.10. The molecule has 2 heterocycles. The third-order valence-corrected chi connectivity index (χ3v) is 2.34. The van der Waals surface area contributed by atoms with Crippen molar-refractivity contribution in [2.45, 2.75) is 6.92 Å². The van der Waals surface area contributed by atoms with E-state index in [1.807, 2.05) is 6.92 Å². The van der Waals surface area contributed by atoms with E-state index >= 15 is 0 Å². The lowest BCUT2D eigenvalue weighted by molar-refractivity contribution is 0.915. The van der Waals surface area contributed by atoms with E-state index in [0.717, 1.165) is 5.69 Å². The van der Waals surface area contributed by atoms with Crippen molar-refractivity contribution in [2.24, 2.45) is 0 Å². The number of aryl methyl sites for hydroxylation is 1. The average Bonchev–Trinajstić information content (AvgIpc) is 2.48. The maximum absolute atomic E-state index is 5.88. The molecule has 5 heteroatoms. The first-order valence-electron chi connectivity index (χ1n) is 3.34. The molecule has 0 fully saturated rings. The molecule has 0 spiro atoms. The zero-order chi connectivity index (χ0) is 8.72. The summed E-state index contributed by atoms with van der Waals surface area (Å²) in [7, 11) is 0. The molecule has 0 atom stereocenters. The van der Waals surface area contributed by atoms with Gasteiger partial charge >= 0.3 is 0 Å². The monoisotopic (exact) mass is 201 g/mol. The summed E-state index contributed by atoms with van der Waals surface area (Å²) < 4.78 is 1.62. The second kappa shape index (κ2) is 2.61. The number of hydrogen-bond donors (Lipinski definition) is 0. The molecule has 2 aromatic rings. The molecule has 0 N–H and O–H groups in total. The van der Waals surface area contributed by atoms with Crippen LogP contribution in [0.5, 0.6) is 0 Å². The Labute approximate surface area is 78.9 Å². The van der Waals surface area contributed by atoms with Gasteiger partial charge in [0.25, 0.3) is 0 Å². The summed E-state index contributed by atoms with van der Waals surface area (Å²) in [6, 6.07) is 1.67. The van der Waals surface area contributed by atoms with E-state index < -0.39 is 0 Å². The maximum Gasteiger partial charge on any atom is 0.174 e. The van der Waals surface area contributed by atoms with Crippen molar-refractivity contribution in [1.29, 1.82) is 0 Å². The molecule has 3 nitrogen and oxygen atoms in total. The smallest absolute Gasteiger partial charge is 0.174 e. The minimum absolute atomic E-state index is 0.517. The molecule has 0 amide bonds. The average molecular weight is 202 g/mol. The van der Waals surface area contributed by atoms with Gasteiger partial charge in [-0.25, -0.2) is 9.50 Å². The van der Waals surface area contributed by atoms with Gasteiger partial charge in [0, 0.05) is 0 Å². The van der Waals surface area contributed by atoms with E-state index in [1.54, 1.807) is 10.6 Å². The van der Waals surface area contributed by atoms with Crippen LogP contribution in [0.2, 0.25) is 10.0 Å². The fourth-order valence-electron chi connectivity index (χ4n) is 1.03. The molecular formula is C7H5Cl2N3. The first kappa shape index (κ1) is 7.83. The topological polar surface area (TPSA) is 30.2 Å². The molecule has 0 bridgehead atoms. The Morgan fingerprint density at radius 3 is 2.83 bits per heavy atom. The van der Waals surface area contributed by atoms with Crippen LogP contribution in [0.4, 0.5) is 0 Å². The lowest BCUT2D eigenvalue weighted by atomic mass is 10.4. The third kappa shape index (κ3) is 0.974. The normalized spacial score (nSPS) is 10.9. The Hall–Kier alpha value is -0.800. The van der Waals surface area contributed by atoms with Gasteiger partial charge < -0.3 is 0 Å². The number of halogens is 2. The van der Waals surface area contributed by atoms with Crippen molar-refractivity contribution in [3.05, 3.63) is 28.1 Å². The molecule has 2 aromatic heterocycles. The Bertz CT molecular complexity index is 435. The van der Waals surface area contributed by atoms with E-state index in [1.165, 1.54) is 6.33 Å².